The number of esters is 1. The van der Waals surface area contributed by atoms with Crippen molar-refractivity contribution in [3.8, 4) is 0 Å². The van der Waals surface area contributed by atoms with Crippen LogP contribution in [0.2, 0.25) is 0 Å². The molecule has 0 aromatic carbocycles. The Bertz CT molecular complexity index is 295. The fourth-order valence-corrected chi connectivity index (χ4v) is 2.85. The summed E-state index contributed by atoms with van der Waals surface area (Å²) in [7, 11) is 1.46. The van der Waals surface area contributed by atoms with E-state index >= 15 is 0 Å². The molecule has 0 bridgehead atoms. The number of hydrogen-bond donors (Lipinski definition) is 1. The second-order valence-corrected chi connectivity index (χ2v) is 6.01. The van der Waals surface area contributed by atoms with Crippen LogP contribution in [-0.2, 0) is 9.53 Å². The van der Waals surface area contributed by atoms with Crippen LogP contribution in [0.3, 0.4) is 0 Å². The highest BCUT2D eigenvalue weighted by molar-refractivity contribution is 5.76. The average Bonchev–Trinajstić information content (AvgIpc) is 2.33. The molecule has 18 heavy (non-hydrogen) atoms. The molecule has 5 heteroatoms. The van der Waals surface area contributed by atoms with Gasteiger partial charge in [0.15, 0.2) is 0 Å². The minimum atomic E-state index is -0.400. The number of nitrogens with zero attached hydrogens (tertiary/aromatic N) is 2. The van der Waals surface area contributed by atoms with Gasteiger partial charge in [-0.2, -0.15) is 0 Å². The summed E-state index contributed by atoms with van der Waals surface area (Å²) < 4.78 is 4.84. The van der Waals surface area contributed by atoms with Crippen LogP contribution < -0.4 is 5.32 Å². The monoisotopic (exact) mass is 255 g/mol. The first-order valence-electron chi connectivity index (χ1n) is 6.78. The standard InChI is InChI=1S/C13H25N3O2/c1-13(2,12(17)18-3)10-15-8-11(9-15)16-6-4-14-5-7-16/h11,14H,4-10H2,1-3H3. The maximum Gasteiger partial charge on any atom is 0.312 e. The highest BCUT2D eigenvalue weighted by atomic mass is 16.5. The van der Waals surface area contributed by atoms with Gasteiger partial charge in [-0.3, -0.25) is 14.6 Å². The molecule has 2 heterocycles. The molecule has 1 N–H and O–H groups in total. The average molecular weight is 255 g/mol. The van der Waals surface area contributed by atoms with E-state index in [4.69, 9.17) is 4.74 Å². The fraction of sp³-hybridized carbons (Fsp3) is 0.923. The van der Waals surface area contributed by atoms with Crippen molar-refractivity contribution in [1.29, 1.82) is 0 Å². The van der Waals surface area contributed by atoms with Crippen molar-refractivity contribution >= 4 is 5.97 Å². The summed E-state index contributed by atoms with van der Waals surface area (Å²) in [6.45, 7) is 11.4. The van der Waals surface area contributed by atoms with Crippen molar-refractivity contribution in [3.05, 3.63) is 0 Å². The molecule has 2 rings (SSSR count). The van der Waals surface area contributed by atoms with Gasteiger partial charge in [-0.15, -0.1) is 0 Å². The third-order valence-electron chi connectivity index (χ3n) is 3.96. The quantitative estimate of drug-likeness (QED) is 0.703. The molecule has 0 aromatic heterocycles. The van der Waals surface area contributed by atoms with Gasteiger partial charge >= 0.3 is 5.97 Å². The lowest BCUT2D eigenvalue weighted by Gasteiger charge is -2.48. The maximum atomic E-state index is 11.6. The number of methoxy groups -OCH3 is 1. The summed E-state index contributed by atoms with van der Waals surface area (Å²) in [5.74, 6) is -0.117. The summed E-state index contributed by atoms with van der Waals surface area (Å²) in [4.78, 5) is 16.5. The van der Waals surface area contributed by atoms with Gasteiger partial charge < -0.3 is 10.1 Å². The Morgan fingerprint density at radius 1 is 1.33 bits per heavy atom. The molecule has 0 amide bonds. The minimum Gasteiger partial charge on any atom is -0.469 e. The van der Waals surface area contributed by atoms with E-state index in [1.165, 1.54) is 7.11 Å². The lowest BCUT2D eigenvalue weighted by molar-refractivity contribution is -0.153. The molecule has 104 valence electrons. The van der Waals surface area contributed by atoms with Crippen molar-refractivity contribution in [3.63, 3.8) is 0 Å². The molecule has 0 unspecified atom stereocenters. The molecule has 0 aromatic rings. The van der Waals surface area contributed by atoms with Crippen LogP contribution in [-0.4, -0.2) is 74.7 Å². The number of likely N-dealkylation sites (tertiary alicyclic amines) is 1. The van der Waals surface area contributed by atoms with E-state index in [0.717, 1.165) is 45.8 Å². The van der Waals surface area contributed by atoms with Crippen LogP contribution in [0.5, 0.6) is 0 Å². The Kier molecular flexibility index (Phi) is 4.25. The zero-order valence-corrected chi connectivity index (χ0v) is 11.7. The van der Waals surface area contributed by atoms with Gasteiger partial charge in [0, 0.05) is 51.9 Å². The van der Waals surface area contributed by atoms with E-state index in [9.17, 15) is 4.79 Å². The second-order valence-electron chi connectivity index (χ2n) is 6.01. The topological polar surface area (TPSA) is 44.8 Å². The van der Waals surface area contributed by atoms with E-state index in [0.29, 0.717) is 6.04 Å². The van der Waals surface area contributed by atoms with E-state index in [2.05, 4.69) is 15.1 Å². The van der Waals surface area contributed by atoms with Gasteiger partial charge in [0.05, 0.1) is 12.5 Å². The maximum absolute atomic E-state index is 11.6. The molecule has 2 fully saturated rings. The normalized spacial score (nSPS) is 23.7. The molecule has 2 aliphatic rings. The molecule has 0 saturated carbocycles. The van der Waals surface area contributed by atoms with Gasteiger partial charge in [-0.25, -0.2) is 0 Å². The first kappa shape index (κ1) is 13.8. The van der Waals surface area contributed by atoms with Crippen LogP contribution in [0.1, 0.15) is 13.8 Å². The Labute approximate surface area is 109 Å². The fourth-order valence-electron chi connectivity index (χ4n) is 2.85. The summed E-state index contributed by atoms with van der Waals surface area (Å²) in [6.07, 6.45) is 0. The Balaban J connectivity index is 1.74. The van der Waals surface area contributed by atoms with Crippen LogP contribution in [0.25, 0.3) is 0 Å². The predicted molar refractivity (Wildman–Crippen MR) is 70.5 cm³/mol. The van der Waals surface area contributed by atoms with Crippen molar-refractivity contribution in [2.75, 3.05) is 52.9 Å². The van der Waals surface area contributed by atoms with Crippen molar-refractivity contribution in [2.45, 2.75) is 19.9 Å². The lowest BCUT2D eigenvalue weighted by Crippen LogP contribution is -2.64. The Morgan fingerprint density at radius 3 is 2.50 bits per heavy atom. The number of nitrogens with one attached hydrogen (secondary N) is 1. The molecule has 0 radical (unpaired) electrons. The van der Waals surface area contributed by atoms with Gasteiger partial charge in [0.2, 0.25) is 0 Å². The minimum absolute atomic E-state index is 0.117. The van der Waals surface area contributed by atoms with E-state index in [-0.39, 0.29) is 5.97 Å². The van der Waals surface area contributed by atoms with Gasteiger partial charge in [-0.05, 0) is 13.8 Å². The number of carbonyl (C=O) groups is 1. The lowest BCUT2D eigenvalue weighted by atomic mass is 9.90. The van der Waals surface area contributed by atoms with Crippen LogP contribution in [0, 0.1) is 5.41 Å². The molecular formula is C13H25N3O2. The molecule has 2 aliphatic heterocycles. The Morgan fingerprint density at radius 2 is 1.94 bits per heavy atom. The Hall–Kier alpha value is -0.650. The first-order chi connectivity index (χ1) is 8.53. The highest BCUT2D eigenvalue weighted by Crippen LogP contribution is 2.24. The molecule has 0 aliphatic carbocycles. The third-order valence-corrected chi connectivity index (χ3v) is 3.96. The van der Waals surface area contributed by atoms with E-state index in [1.807, 2.05) is 13.8 Å². The van der Waals surface area contributed by atoms with Crippen LogP contribution >= 0.6 is 0 Å². The van der Waals surface area contributed by atoms with Gasteiger partial charge in [0.25, 0.3) is 0 Å². The zero-order chi connectivity index (χ0) is 13.2. The largest absolute Gasteiger partial charge is 0.469 e. The summed E-state index contributed by atoms with van der Waals surface area (Å²) >= 11 is 0. The number of carbonyl (C=O) groups excluding carboxylic acids is 1. The number of rotatable bonds is 4. The van der Waals surface area contributed by atoms with E-state index < -0.39 is 5.41 Å². The highest BCUT2D eigenvalue weighted by Gasteiger charge is 2.38. The SMILES string of the molecule is COC(=O)C(C)(C)CN1CC(N2CCNCC2)C1. The summed E-state index contributed by atoms with van der Waals surface area (Å²) in [5.41, 5.74) is -0.400. The number of hydrogen-bond acceptors (Lipinski definition) is 5. The summed E-state index contributed by atoms with van der Waals surface area (Å²) in [5, 5.41) is 3.37. The van der Waals surface area contributed by atoms with Crippen molar-refractivity contribution in [1.82, 2.24) is 15.1 Å². The van der Waals surface area contributed by atoms with Crippen LogP contribution in [0.15, 0.2) is 0 Å². The van der Waals surface area contributed by atoms with E-state index in [1.54, 1.807) is 0 Å². The number of ether oxygens (including phenoxy) is 1. The first-order valence-corrected chi connectivity index (χ1v) is 6.78. The predicted octanol–water partition coefficient (Wildman–Crippen LogP) is -0.225. The van der Waals surface area contributed by atoms with Crippen molar-refractivity contribution < 1.29 is 9.53 Å². The molecular weight excluding hydrogens is 230 g/mol. The summed E-state index contributed by atoms with van der Waals surface area (Å²) in [6, 6.07) is 0.681. The smallest absolute Gasteiger partial charge is 0.312 e. The number of piperazine rings is 1. The van der Waals surface area contributed by atoms with Crippen LogP contribution in [0.4, 0.5) is 0 Å². The second kappa shape index (κ2) is 5.55. The van der Waals surface area contributed by atoms with Crippen molar-refractivity contribution in [2.24, 2.45) is 5.41 Å². The molecule has 2 saturated heterocycles. The molecule has 0 atom stereocenters. The third kappa shape index (κ3) is 3.02. The molecule has 5 nitrogen and oxygen atoms in total. The van der Waals surface area contributed by atoms with Gasteiger partial charge in [-0.1, -0.05) is 0 Å². The molecule has 0 spiro atoms. The zero-order valence-electron chi connectivity index (χ0n) is 11.7. The van der Waals surface area contributed by atoms with Gasteiger partial charge in [0.1, 0.15) is 0 Å².